The average molecular weight is 299 g/mol. The summed E-state index contributed by atoms with van der Waals surface area (Å²) in [7, 11) is 0. The van der Waals surface area contributed by atoms with Crippen LogP contribution in [0.1, 0.15) is 11.1 Å². The Balaban J connectivity index is 2.00. The molecule has 0 aliphatic carbocycles. The van der Waals surface area contributed by atoms with Crippen LogP contribution in [0.15, 0.2) is 29.4 Å². The molecule has 1 aromatic carbocycles. The largest absolute Gasteiger partial charge is 0.408 e. The van der Waals surface area contributed by atoms with E-state index >= 15 is 0 Å². The molecule has 1 aromatic heterocycles. The van der Waals surface area contributed by atoms with E-state index in [1.807, 2.05) is 6.07 Å². The molecule has 0 unspecified atom stereocenters. The number of nitriles is 1. The third-order valence-electron chi connectivity index (χ3n) is 2.28. The summed E-state index contributed by atoms with van der Waals surface area (Å²) in [5, 5.41) is 18.9. The van der Waals surface area contributed by atoms with Crippen molar-refractivity contribution in [1.82, 2.24) is 20.2 Å². The molecule has 0 bridgehead atoms. The molecule has 0 aliphatic heterocycles. The number of benzene rings is 1. The van der Waals surface area contributed by atoms with Crippen molar-refractivity contribution in [1.29, 1.82) is 5.26 Å². The highest BCUT2D eigenvalue weighted by atomic mass is 32.2. The molecule has 0 saturated heterocycles. The number of hydrogen-bond acceptors (Lipinski definition) is 5. The first-order chi connectivity index (χ1) is 9.48. The summed E-state index contributed by atoms with van der Waals surface area (Å²) >= 11 is 1.10. The van der Waals surface area contributed by atoms with Gasteiger partial charge in [0.25, 0.3) is 0 Å². The second kappa shape index (κ2) is 5.92. The normalized spacial score (nSPS) is 11.3. The zero-order chi connectivity index (χ0) is 14.6. The van der Waals surface area contributed by atoms with Crippen LogP contribution in [0.4, 0.5) is 13.2 Å². The van der Waals surface area contributed by atoms with Gasteiger partial charge in [0.1, 0.15) is 6.54 Å². The topological polar surface area (TPSA) is 67.4 Å². The maximum absolute atomic E-state index is 12.3. The molecule has 0 radical (unpaired) electrons. The lowest BCUT2D eigenvalue weighted by Crippen LogP contribution is -2.19. The zero-order valence-electron chi connectivity index (χ0n) is 10.0. The van der Waals surface area contributed by atoms with Crippen molar-refractivity contribution >= 4 is 11.8 Å². The summed E-state index contributed by atoms with van der Waals surface area (Å²) in [5.74, 6) is 0.421. The van der Waals surface area contributed by atoms with Crippen LogP contribution >= 0.6 is 11.8 Å². The van der Waals surface area contributed by atoms with Gasteiger partial charge in [0.2, 0.25) is 5.16 Å². The standard InChI is InChI=1S/C11H8F3N5S/c12-11(13,14)7-19-10(16-17-18-19)20-6-9-3-1-8(5-15)2-4-9/h1-4H,6-7H2. The molecule has 1 heterocycles. The number of hydrogen-bond donors (Lipinski definition) is 0. The SMILES string of the molecule is N#Cc1ccc(CSc2nnnn2CC(F)(F)F)cc1. The van der Waals surface area contributed by atoms with Gasteiger partial charge < -0.3 is 0 Å². The molecular formula is C11H8F3N5S. The fraction of sp³-hybridized carbons (Fsp3) is 0.273. The quantitative estimate of drug-likeness (QED) is 0.811. The van der Waals surface area contributed by atoms with Gasteiger partial charge in [-0.1, -0.05) is 23.9 Å². The van der Waals surface area contributed by atoms with Gasteiger partial charge in [0.15, 0.2) is 0 Å². The van der Waals surface area contributed by atoms with Crippen molar-refractivity contribution in [2.45, 2.75) is 23.6 Å². The lowest BCUT2D eigenvalue weighted by molar-refractivity contribution is -0.144. The molecule has 0 aliphatic rings. The second-order valence-electron chi connectivity index (χ2n) is 3.83. The van der Waals surface area contributed by atoms with Crippen LogP contribution in [-0.4, -0.2) is 26.4 Å². The molecule has 0 fully saturated rings. The maximum atomic E-state index is 12.3. The van der Waals surface area contributed by atoms with E-state index in [4.69, 9.17) is 5.26 Å². The molecule has 20 heavy (non-hydrogen) atoms. The first-order valence-electron chi connectivity index (χ1n) is 5.43. The molecule has 0 atom stereocenters. The predicted molar refractivity (Wildman–Crippen MR) is 64.6 cm³/mol. The van der Waals surface area contributed by atoms with Crippen molar-refractivity contribution in [3.8, 4) is 6.07 Å². The van der Waals surface area contributed by atoms with E-state index in [2.05, 4.69) is 15.5 Å². The van der Waals surface area contributed by atoms with Crippen molar-refractivity contribution in [2.24, 2.45) is 0 Å². The Labute approximate surface area is 116 Å². The number of alkyl halides is 3. The van der Waals surface area contributed by atoms with Crippen molar-refractivity contribution in [2.75, 3.05) is 0 Å². The third kappa shape index (κ3) is 3.96. The minimum Gasteiger partial charge on any atom is -0.211 e. The summed E-state index contributed by atoms with van der Waals surface area (Å²) in [6.45, 7) is -1.21. The Bertz CT molecular complexity index is 614. The van der Waals surface area contributed by atoms with Crippen LogP contribution in [0.2, 0.25) is 0 Å². The molecule has 0 amide bonds. The monoisotopic (exact) mass is 299 g/mol. The fourth-order valence-electron chi connectivity index (χ4n) is 1.39. The summed E-state index contributed by atoms with van der Waals surface area (Å²) in [4.78, 5) is 0. The molecule has 2 rings (SSSR count). The molecule has 9 heteroatoms. The number of halogens is 3. The van der Waals surface area contributed by atoms with Gasteiger partial charge in [0.05, 0.1) is 11.6 Å². The van der Waals surface area contributed by atoms with Gasteiger partial charge in [-0.25, -0.2) is 4.68 Å². The van der Waals surface area contributed by atoms with Crippen LogP contribution in [0.25, 0.3) is 0 Å². The van der Waals surface area contributed by atoms with Crippen LogP contribution < -0.4 is 0 Å². The fourth-order valence-corrected chi connectivity index (χ4v) is 2.22. The molecule has 0 N–H and O–H groups in total. The number of rotatable bonds is 4. The van der Waals surface area contributed by atoms with Crippen LogP contribution in [0, 0.1) is 11.3 Å². The molecule has 5 nitrogen and oxygen atoms in total. The number of aromatic nitrogens is 4. The Morgan fingerprint density at radius 1 is 1.25 bits per heavy atom. The van der Waals surface area contributed by atoms with E-state index in [-0.39, 0.29) is 5.16 Å². The summed E-state index contributed by atoms with van der Waals surface area (Å²) in [5.41, 5.74) is 1.40. The van der Waals surface area contributed by atoms with Gasteiger partial charge in [-0.3, -0.25) is 0 Å². The Morgan fingerprint density at radius 2 is 1.95 bits per heavy atom. The van der Waals surface area contributed by atoms with Gasteiger partial charge in [-0.05, 0) is 28.1 Å². The van der Waals surface area contributed by atoms with E-state index < -0.39 is 12.7 Å². The molecule has 2 aromatic rings. The minimum atomic E-state index is -4.36. The van der Waals surface area contributed by atoms with Gasteiger partial charge in [0, 0.05) is 5.75 Å². The lowest BCUT2D eigenvalue weighted by Gasteiger charge is -2.07. The predicted octanol–water partition coefficient (Wildman–Crippen LogP) is 2.40. The Kier molecular flexibility index (Phi) is 4.24. The first-order valence-corrected chi connectivity index (χ1v) is 6.41. The summed E-state index contributed by atoms with van der Waals surface area (Å²) in [6, 6.07) is 8.76. The summed E-state index contributed by atoms with van der Waals surface area (Å²) < 4.78 is 37.6. The van der Waals surface area contributed by atoms with Gasteiger partial charge >= 0.3 is 6.18 Å². The van der Waals surface area contributed by atoms with Gasteiger partial charge in [-0.2, -0.15) is 18.4 Å². The molecule has 0 saturated carbocycles. The lowest BCUT2D eigenvalue weighted by atomic mass is 10.2. The van der Waals surface area contributed by atoms with E-state index in [0.29, 0.717) is 16.0 Å². The van der Waals surface area contributed by atoms with E-state index in [0.717, 1.165) is 17.3 Å². The van der Waals surface area contributed by atoms with Crippen molar-refractivity contribution in [3.05, 3.63) is 35.4 Å². The number of tetrazole rings is 1. The third-order valence-corrected chi connectivity index (χ3v) is 3.31. The second-order valence-corrected chi connectivity index (χ2v) is 4.77. The van der Waals surface area contributed by atoms with E-state index in [9.17, 15) is 13.2 Å². The molecule has 104 valence electrons. The highest BCUT2D eigenvalue weighted by molar-refractivity contribution is 7.98. The molecule has 0 spiro atoms. The van der Waals surface area contributed by atoms with Crippen molar-refractivity contribution < 1.29 is 13.2 Å². The average Bonchev–Trinajstić information content (AvgIpc) is 2.82. The van der Waals surface area contributed by atoms with E-state index in [1.165, 1.54) is 0 Å². The van der Waals surface area contributed by atoms with Crippen molar-refractivity contribution in [3.63, 3.8) is 0 Å². The zero-order valence-corrected chi connectivity index (χ0v) is 10.8. The van der Waals surface area contributed by atoms with Crippen LogP contribution in [0.5, 0.6) is 0 Å². The summed E-state index contributed by atoms with van der Waals surface area (Å²) in [6.07, 6.45) is -4.36. The smallest absolute Gasteiger partial charge is 0.211 e. The Morgan fingerprint density at radius 3 is 2.55 bits per heavy atom. The Hall–Kier alpha value is -2.08. The first kappa shape index (κ1) is 14.3. The highest BCUT2D eigenvalue weighted by Gasteiger charge is 2.30. The maximum Gasteiger partial charge on any atom is 0.408 e. The van der Waals surface area contributed by atoms with E-state index in [1.54, 1.807) is 24.3 Å². The number of nitrogens with zero attached hydrogens (tertiary/aromatic N) is 5. The van der Waals surface area contributed by atoms with Crippen LogP contribution in [0.3, 0.4) is 0 Å². The molecular weight excluding hydrogens is 291 g/mol. The van der Waals surface area contributed by atoms with Gasteiger partial charge in [-0.15, -0.1) is 5.10 Å². The number of thioether (sulfide) groups is 1. The van der Waals surface area contributed by atoms with Crippen LogP contribution in [-0.2, 0) is 12.3 Å². The minimum absolute atomic E-state index is 0.103. The highest BCUT2D eigenvalue weighted by Crippen LogP contribution is 2.23.